The third-order valence-electron chi connectivity index (χ3n) is 2.84. The normalized spacial score (nSPS) is 11.0. The molecule has 0 aliphatic carbocycles. The lowest BCUT2D eigenvalue weighted by molar-refractivity contribution is 0.0696. The SMILES string of the molecule is Cc1ncc(CN(C)Cc2ccc(C(=O)O)cc2F)s1. The highest BCUT2D eigenvalue weighted by Crippen LogP contribution is 2.17. The van der Waals surface area contributed by atoms with Crippen LogP contribution in [0.25, 0.3) is 0 Å². The van der Waals surface area contributed by atoms with Crippen molar-refractivity contribution in [3.63, 3.8) is 0 Å². The number of halogens is 1. The average Bonchev–Trinajstić information content (AvgIpc) is 2.77. The van der Waals surface area contributed by atoms with E-state index in [9.17, 15) is 9.18 Å². The number of hydrogen-bond acceptors (Lipinski definition) is 4. The molecule has 0 saturated heterocycles. The van der Waals surface area contributed by atoms with Crippen LogP contribution in [-0.4, -0.2) is 28.0 Å². The zero-order valence-electron chi connectivity index (χ0n) is 11.3. The van der Waals surface area contributed by atoms with Crippen molar-refractivity contribution in [2.24, 2.45) is 0 Å². The third kappa shape index (κ3) is 3.61. The monoisotopic (exact) mass is 294 g/mol. The summed E-state index contributed by atoms with van der Waals surface area (Å²) in [7, 11) is 1.89. The predicted molar refractivity (Wildman–Crippen MR) is 75.4 cm³/mol. The second-order valence-electron chi connectivity index (χ2n) is 4.63. The topological polar surface area (TPSA) is 53.4 Å². The number of aromatic carboxylic acids is 1. The van der Waals surface area contributed by atoms with Gasteiger partial charge in [-0.3, -0.25) is 4.90 Å². The van der Waals surface area contributed by atoms with Crippen LogP contribution >= 0.6 is 11.3 Å². The number of carboxylic acid groups (broad SMARTS) is 1. The Morgan fingerprint density at radius 2 is 2.20 bits per heavy atom. The summed E-state index contributed by atoms with van der Waals surface area (Å²) in [4.78, 5) is 18.0. The number of benzene rings is 1. The van der Waals surface area contributed by atoms with Crippen molar-refractivity contribution in [2.75, 3.05) is 7.05 Å². The van der Waals surface area contributed by atoms with Gasteiger partial charge in [0.15, 0.2) is 0 Å². The van der Waals surface area contributed by atoms with E-state index in [0.29, 0.717) is 18.7 Å². The number of hydrogen-bond donors (Lipinski definition) is 1. The number of rotatable bonds is 5. The van der Waals surface area contributed by atoms with E-state index in [4.69, 9.17) is 5.11 Å². The fourth-order valence-corrected chi connectivity index (χ4v) is 2.77. The third-order valence-corrected chi connectivity index (χ3v) is 3.73. The fourth-order valence-electron chi connectivity index (χ4n) is 1.90. The van der Waals surface area contributed by atoms with E-state index >= 15 is 0 Å². The van der Waals surface area contributed by atoms with E-state index < -0.39 is 11.8 Å². The second kappa shape index (κ2) is 6.11. The van der Waals surface area contributed by atoms with Crippen molar-refractivity contribution >= 4 is 17.3 Å². The van der Waals surface area contributed by atoms with Crippen molar-refractivity contribution < 1.29 is 14.3 Å². The van der Waals surface area contributed by atoms with E-state index in [-0.39, 0.29) is 5.56 Å². The van der Waals surface area contributed by atoms with Crippen molar-refractivity contribution in [3.05, 3.63) is 51.2 Å². The van der Waals surface area contributed by atoms with E-state index in [0.717, 1.165) is 16.0 Å². The van der Waals surface area contributed by atoms with Gasteiger partial charge in [-0.15, -0.1) is 11.3 Å². The molecule has 0 aliphatic heterocycles. The van der Waals surface area contributed by atoms with E-state index in [1.165, 1.54) is 12.1 Å². The molecule has 1 aromatic carbocycles. The first kappa shape index (κ1) is 14.6. The van der Waals surface area contributed by atoms with Crippen LogP contribution in [0.4, 0.5) is 4.39 Å². The van der Waals surface area contributed by atoms with Gasteiger partial charge in [0, 0.05) is 29.7 Å². The van der Waals surface area contributed by atoms with Gasteiger partial charge in [-0.05, 0) is 26.1 Å². The zero-order valence-corrected chi connectivity index (χ0v) is 12.1. The standard InChI is InChI=1S/C14H15FN2O2S/c1-9-16-6-12(20-9)8-17(2)7-11-4-3-10(14(18)19)5-13(11)15/h3-6H,7-8H2,1-2H3,(H,18,19). The van der Waals surface area contributed by atoms with Crippen LogP contribution < -0.4 is 0 Å². The number of carboxylic acids is 1. The highest BCUT2D eigenvalue weighted by Gasteiger charge is 2.11. The Bertz CT molecular complexity index is 627. The van der Waals surface area contributed by atoms with E-state index in [1.54, 1.807) is 11.3 Å². The van der Waals surface area contributed by atoms with Crippen molar-refractivity contribution in [1.82, 2.24) is 9.88 Å². The van der Waals surface area contributed by atoms with Crippen molar-refractivity contribution in [1.29, 1.82) is 0 Å². The highest BCUT2D eigenvalue weighted by atomic mass is 32.1. The molecular formula is C14H15FN2O2S. The molecular weight excluding hydrogens is 279 g/mol. The zero-order chi connectivity index (χ0) is 14.7. The smallest absolute Gasteiger partial charge is 0.335 e. The summed E-state index contributed by atoms with van der Waals surface area (Å²) in [5.41, 5.74) is 0.450. The Morgan fingerprint density at radius 3 is 2.75 bits per heavy atom. The molecule has 1 N–H and O–H groups in total. The molecule has 0 bridgehead atoms. The van der Waals surface area contributed by atoms with E-state index in [2.05, 4.69) is 4.98 Å². The number of aromatic nitrogens is 1. The number of nitrogens with zero attached hydrogens (tertiary/aromatic N) is 2. The molecule has 106 valence electrons. The van der Waals surface area contributed by atoms with Gasteiger partial charge >= 0.3 is 5.97 Å². The Morgan fingerprint density at radius 1 is 1.45 bits per heavy atom. The molecule has 6 heteroatoms. The Hall–Kier alpha value is -1.79. The molecule has 0 radical (unpaired) electrons. The molecule has 0 saturated carbocycles. The molecule has 2 rings (SSSR count). The quantitative estimate of drug-likeness (QED) is 0.921. The van der Waals surface area contributed by atoms with Crippen LogP contribution in [0.2, 0.25) is 0 Å². The highest BCUT2D eigenvalue weighted by molar-refractivity contribution is 7.11. The van der Waals surface area contributed by atoms with E-state index in [1.807, 2.05) is 25.1 Å². The Labute approximate surface area is 120 Å². The minimum atomic E-state index is -1.12. The lowest BCUT2D eigenvalue weighted by atomic mass is 10.1. The molecule has 0 amide bonds. The van der Waals surface area contributed by atoms with Gasteiger partial charge in [-0.25, -0.2) is 14.2 Å². The summed E-state index contributed by atoms with van der Waals surface area (Å²) in [6, 6.07) is 4.00. The molecule has 0 fully saturated rings. The summed E-state index contributed by atoms with van der Waals surface area (Å²) in [5, 5.41) is 9.80. The summed E-state index contributed by atoms with van der Waals surface area (Å²) >= 11 is 1.61. The minimum absolute atomic E-state index is 0.0352. The first-order valence-corrected chi connectivity index (χ1v) is 6.89. The summed E-state index contributed by atoms with van der Waals surface area (Å²) in [5.74, 6) is -1.61. The van der Waals surface area contributed by atoms with Crippen LogP contribution in [0.1, 0.15) is 25.8 Å². The van der Waals surface area contributed by atoms with Crippen LogP contribution in [0.5, 0.6) is 0 Å². The lowest BCUT2D eigenvalue weighted by Gasteiger charge is -2.16. The fraction of sp³-hybridized carbons (Fsp3) is 0.286. The van der Waals surface area contributed by atoms with Crippen molar-refractivity contribution in [3.8, 4) is 0 Å². The van der Waals surface area contributed by atoms with Crippen LogP contribution in [-0.2, 0) is 13.1 Å². The van der Waals surface area contributed by atoms with Crippen LogP contribution in [0.3, 0.4) is 0 Å². The van der Waals surface area contributed by atoms with Gasteiger partial charge < -0.3 is 5.11 Å². The first-order chi connectivity index (χ1) is 9.45. The molecule has 1 aromatic heterocycles. The van der Waals surface area contributed by atoms with Crippen LogP contribution in [0.15, 0.2) is 24.4 Å². The second-order valence-corrected chi connectivity index (χ2v) is 5.95. The molecule has 0 aliphatic rings. The van der Waals surface area contributed by atoms with Gasteiger partial charge in [0.25, 0.3) is 0 Å². The molecule has 0 unspecified atom stereocenters. The summed E-state index contributed by atoms with van der Waals surface area (Å²) < 4.78 is 13.8. The molecule has 1 heterocycles. The maximum atomic E-state index is 13.8. The van der Waals surface area contributed by atoms with Gasteiger partial charge in [-0.1, -0.05) is 6.07 Å². The maximum absolute atomic E-state index is 13.8. The number of carbonyl (C=O) groups is 1. The molecule has 2 aromatic rings. The summed E-state index contributed by atoms with van der Waals surface area (Å²) in [6.45, 7) is 3.05. The largest absolute Gasteiger partial charge is 0.478 e. The number of aryl methyl sites for hydroxylation is 1. The molecule has 0 atom stereocenters. The Balaban J connectivity index is 2.04. The molecule has 20 heavy (non-hydrogen) atoms. The lowest BCUT2D eigenvalue weighted by Crippen LogP contribution is -2.17. The number of thiazole rings is 1. The Kier molecular flexibility index (Phi) is 4.46. The van der Waals surface area contributed by atoms with Crippen LogP contribution in [0, 0.1) is 12.7 Å². The minimum Gasteiger partial charge on any atom is -0.478 e. The predicted octanol–water partition coefficient (Wildman–Crippen LogP) is 2.92. The van der Waals surface area contributed by atoms with Gasteiger partial charge in [0.1, 0.15) is 5.82 Å². The summed E-state index contributed by atoms with van der Waals surface area (Å²) in [6.07, 6.45) is 1.82. The molecule has 0 spiro atoms. The van der Waals surface area contributed by atoms with Crippen molar-refractivity contribution in [2.45, 2.75) is 20.0 Å². The first-order valence-electron chi connectivity index (χ1n) is 6.07. The molecule has 4 nitrogen and oxygen atoms in total. The maximum Gasteiger partial charge on any atom is 0.335 e. The van der Waals surface area contributed by atoms with Gasteiger partial charge in [-0.2, -0.15) is 0 Å². The average molecular weight is 294 g/mol. The van der Waals surface area contributed by atoms with Gasteiger partial charge in [0.2, 0.25) is 0 Å². The van der Waals surface area contributed by atoms with Gasteiger partial charge in [0.05, 0.1) is 10.6 Å².